The van der Waals surface area contributed by atoms with Gasteiger partial charge in [-0.2, -0.15) is 0 Å². The minimum atomic E-state index is -1.02. The molecule has 1 rings (SSSR count). The Bertz CT molecular complexity index is 298. The second-order valence-electron chi connectivity index (χ2n) is 2.52. The van der Waals surface area contributed by atoms with Crippen LogP contribution in [-0.4, -0.2) is 27.3 Å². The van der Waals surface area contributed by atoms with Crippen molar-refractivity contribution in [2.75, 3.05) is 5.32 Å². The van der Waals surface area contributed by atoms with Crippen LogP contribution in [0.2, 0.25) is 0 Å². The maximum atomic E-state index is 11.0. The summed E-state index contributed by atoms with van der Waals surface area (Å²) in [6, 6.07) is 0. The molecule has 0 aromatic carbocycles. The molecule has 0 fully saturated rings. The van der Waals surface area contributed by atoms with Crippen LogP contribution in [0.25, 0.3) is 0 Å². The molecule has 1 heterocycles. The van der Waals surface area contributed by atoms with Crippen LogP contribution in [0.4, 0.5) is 5.13 Å². The number of aryl methyl sites for hydroxylation is 1. The highest BCUT2D eigenvalue weighted by Gasteiger charge is 2.11. The fourth-order valence-electron chi connectivity index (χ4n) is 0.657. The van der Waals surface area contributed by atoms with Crippen molar-refractivity contribution in [2.45, 2.75) is 26.4 Å². The number of anilines is 1. The van der Waals surface area contributed by atoms with Crippen LogP contribution in [0.1, 0.15) is 18.9 Å². The molecule has 0 aliphatic heterocycles. The average Bonchev–Trinajstić information content (AvgIpc) is 2.52. The van der Waals surface area contributed by atoms with Crippen molar-refractivity contribution in [3.05, 3.63) is 5.01 Å². The van der Waals surface area contributed by atoms with Crippen LogP contribution in [0, 0.1) is 0 Å². The molecule has 5 nitrogen and oxygen atoms in total. The van der Waals surface area contributed by atoms with Crippen molar-refractivity contribution in [1.82, 2.24) is 10.2 Å². The van der Waals surface area contributed by atoms with Crippen molar-refractivity contribution < 1.29 is 9.90 Å². The highest BCUT2D eigenvalue weighted by molar-refractivity contribution is 7.15. The van der Waals surface area contributed by atoms with Crippen LogP contribution in [-0.2, 0) is 11.2 Å². The Morgan fingerprint density at radius 3 is 2.85 bits per heavy atom. The number of hydrogen-bond donors (Lipinski definition) is 2. The van der Waals surface area contributed by atoms with E-state index in [4.69, 9.17) is 5.11 Å². The van der Waals surface area contributed by atoms with Crippen molar-refractivity contribution in [2.24, 2.45) is 0 Å². The van der Waals surface area contributed by atoms with Gasteiger partial charge in [-0.25, -0.2) is 0 Å². The maximum absolute atomic E-state index is 11.0. The Kier molecular flexibility index (Phi) is 3.32. The number of nitrogens with one attached hydrogen (secondary N) is 1. The molecule has 1 amide bonds. The molecule has 6 heteroatoms. The Labute approximate surface area is 79.8 Å². The Morgan fingerprint density at radius 1 is 1.69 bits per heavy atom. The average molecular weight is 201 g/mol. The standard InChI is InChI=1S/C7H11N3O2S/c1-3-5-9-10-7(13-5)8-6(12)4(2)11/h4,11H,3H2,1-2H3,(H,8,10,12)/t4-/m1/s1. The summed E-state index contributed by atoms with van der Waals surface area (Å²) in [7, 11) is 0. The van der Waals surface area contributed by atoms with Crippen molar-refractivity contribution in [1.29, 1.82) is 0 Å². The molecule has 1 aromatic heterocycles. The molecular weight excluding hydrogens is 190 g/mol. The zero-order chi connectivity index (χ0) is 9.84. The first-order valence-electron chi connectivity index (χ1n) is 3.94. The summed E-state index contributed by atoms with van der Waals surface area (Å²) in [6.45, 7) is 3.36. The highest BCUT2D eigenvalue weighted by atomic mass is 32.1. The lowest BCUT2D eigenvalue weighted by Gasteiger charge is -2.01. The van der Waals surface area contributed by atoms with E-state index in [9.17, 15) is 4.79 Å². The Morgan fingerprint density at radius 2 is 2.38 bits per heavy atom. The number of aliphatic hydroxyl groups excluding tert-OH is 1. The third-order valence-electron chi connectivity index (χ3n) is 1.38. The molecule has 0 spiro atoms. The summed E-state index contributed by atoms with van der Waals surface area (Å²) in [4.78, 5) is 11.0. The van der Waals surface area contributed by atoms with E-state index < -0.39 is 12.0 Å². The van der Waals surface area contributed by atoms with Gasteiger partial charge < -0.3 is 5.11 Å². The zero-order valence-corrected chi connectivity index (χ0v) is 8.26. The van der Waals surface area contributed by atoms with E-state index in [1.165, 1.54) is 18.3 Å². The van der Waals surface area contributed by atoms with Gasteiger partial charge in [-0.1, -0.05) is 18.3 Å². The molecule has 0 unspecified atom stereocenters. The van der Waals surface area contributed by atoms with Crippen LogP contribution in [0.3, 0.4) is 0 Å². The molecule has 0 radical (unpaired) electrons. The van der Waals surface area contributed by atoms with Gasteiger partial charge in [0.1, 0.15) is 11.1 Å². The van der Waals surface area contributed by atoms with Gasteiger partial charge in [0, 0.05) is 0 Å². The fraction of sp³-hybridized carbons (Fsp3) is 0.571. The lowest BCUT2D eigenvalue weighted by atomic mass is 10.4. The van der Waals surface area contributed by atoms with Gasteiger partial charge in [0.2, 0.25) is 5.13 Å². The molecule has 1 aromatic rings. The molecule has 2 N–H and O–H groups in total. The van der Waals surface area contributed by atoms with Gasteiger partial charge in [0.25, 0.3) is 5.91 Å². The lowest BCUT2D eigenvalue weighted by molar-refractivity contribution is -0.123. The first-order chi connectivity index (χ1) is 6.13. The third kappa shape index (κ3) is 2.74. The summed E-state index contributed by atoms with van der Waals surface area (Å²) in [6.07, 6.45) is -0.226. The van der Waals surface area contributed by atoms with Gasteiger partial charge >= 0.3 is 0 Å². The molecular formula is C7H11N3O2S. The van der Waals surface area contributed by atoms with Crippen LogP contribution in [0.15, 0.2) is 0 Å². The maximum Gasteiger partial charge on any atom is 0.254 e. The second kappa shape index (κ2) is 4.29. The molecule has 0 aliphatic rings. The van der Waals surface area contributed by atoms with Gasteiger partial charge in [-0.05, 0) is 13.3 Å². The number of carbonyl (C=O) groups excluding carboxylic acids is 1. The monoisotopic (exact) mass is 201 g/mol. The van der Waals surface area contributed by atoms with Crippen LogP contribution < -0.4 is 5.32 Å². The molecule has 1 atom stereocenters. The Hall–Kier alpha value is -1.01. The molecule has 0 aliphatic carbocycles. The van der Waals surface area contributed by atoms with Crippen LogP contribution >= 0.6 is 11.3 Å². The van der Waals surface area contributed by atoms with Gasteiger partial charge in [-0.15, -0.1) is 10.2 Å². The minimum Gasteiger partial charge on any atom is -0.384 e. The van der Waals surface area contributed by atoms with Crippen LogP contribution in [0.5, 0.6) is 0 Å². The predicted molar refractivity (Wildman–Crippen MR) is 49.6 cm³/mol. The zero-order valence-electron chi connectivity index (χ0n) is 7.44. The van der Waals surface area contributed by atoms with Gasteiger partial charge in [0.05, 0.1) is 0 Å². The van der Waals surface area contributed by atoms with Crippen molar-refractivity contribution in [3.63, 3.8) is 0 Å². The first-order valence-corrected chi connectivity index (χ1v) is 4.76. The van der Waals surface area contributed by atoms with Gasteiger partial charge in [-0.3, -0.25) is 10.1 Å². The minimum absolute atomic E-state index is 0.433. The first kappa shape index (κ1) is 10.1. The van der Waals surface area contributed by atoms with Crippen molar-refractivity contribution >= 4 is 22.4 Å². The summed E-state index contributed by atoms with van der Waals surface area (Å²) < 4.78 is 0. The van der Waals surface area contributed by atoms with Crippen molar-refractivity contribution in [3.8, 4) is 0 Å². The number of aromatic nitrogens is 2. The van der Waals surface area contributed by atoms with E-state index in [1.807, 2.05) is 6.92 Å². The summed E-state index contributed by atoms with van der Waals surface area (Å²) in [5, 5.41) is 20.2. The van der Waals surface area contributed by atoms with E-state index >= 15 is 0 Å². The summed E-state index contributed by atoms with van der Waals surface area (Å²) >= 11 is 1.31. The highest BCUT2D eigenvalue weighted by Crippen LogP contribution is 2.15. The molecule has 13 heavy (non-hydrogen) atoms. The molecule has 0 saturated carbocycles. The van der Waals surface area contributed by atoms with E-state index in [1.54, 1.807) is 0 Å². The van der Waals surface area contributed by atoms with Gasteiger partial charge in [0.15, 0.2) is 0 Å². The Balaban J connectivity index is 2.59. The van der Waals surface area contributed by atoms with E-state index in [2.05, 4.69) is 15.5 Å². The number of hydrogen-bond acceptors (Lipinski definition) is 5. The predicted octanol–water partition coefficient (Wildman–Crippen LogP) is 0.420. The number of amides is 1. The van der Waals surface area contributed by atoms with E-state index in [0.29, 0.717) is 5.13 Å². The van der Waals surface area contributed by atoms with E-state index in [-0.39, 0.29) is 0 Å². The largest absolute Gasteiger partial charge is 0.384 e. The number of rotatable bonds is 3. The molecule has 72 valence electrons. The normalized spacial score (nSPS) is 12.5. The SMILES string of the molecule is CCc1nnc(NC(=O)[C@@H](C)O)s1. The second-order valence-corrected chi connectivity index (χ2v) is 3.58. The topological polar surface area (TPSA) is 75.1 Å². The number of aliphatic hydroxyl groups is 1. The smallest absolute Gasteiger partial charge is 0.254 e. The molecule has 0 bridgehead atoms. The molecule has 0 saturated heterocycles. The summed E-state index contributed by atoms with van der Waals surface area (Å²) in [5.41, 5.74) is 0. The fourth-order valence-corrected chi connectivity index (χ4v) is 1.34. The quantitative estimate of drug-likeness (QED) is 0.743. The number of nitrogens with zero attached hydrogens (tertiary/aromatic N) is 2. The lowest BCUT2D eigenvalue weighted by Crippen LogP contribution is -2.24. The number of carbonyl (C=O) groups is 1. The third-order valence-corrected chi connectivity index (χ3v) is 2.36. The van der Waals surface area contributed by atoms with E-state index in [0.717, 1.165) is 11.4 Å². The summed E-state index contributed by atoms with van der Waals surface area (Å²) in [5.74, 6) is -0.459.